The maximum Gasteiger partial charge on any atom is 0.203 e. The van der Waals surface area contributed by atoms with E-state index in [1.54, 1.807) is 21.3 Å². The number of ether oxygens (including phenoxy) is 3. The van der Waals surface area contributed by atoms with E-state index in [1.807, 2.05) is 0 Å². The van der Waals surface area contributed by atoms with Crippen molar-refractivity contribution in [3.63, 3.8) is 0 Å². The zero-order valence-corrected chi connectivity index (χ0v) is 16.7. The summed E-state index contributed by atoms with van der Waals surface area (Å²) in [5.74, 6) is 2.87. The standard InChI is InChI=1S/C21H22BrNO3/c1-24-18-9-12(10-19(25-2)21(18)26-3)20-15-6-4-5-14(15)16-11-13(22)7-8-17(16)23-20/h4-5,7-11,14-15,20,23H,6H2,1-3H3/t14-,15+,20+/m1/s1. The van der Waals surface area contributed by atoms with Crippen LogP contribution in [-0.2, 0) is 0 Å². The summed E-state index contributed by atoms with van der Waals surface area (Å²) in [5.41, 5.74) is 3.67. The van der Waals surface area contributed by atoms with Gasteiger partial charge in [0.25, 0.3) is 0 Å². The Hall–Kier alpha value is -2.14. The zero-order chi connectivity index (χ0) is 18.3. The van der Waals surface area contributed by atoms with Gasteiger partial charge in [-0.1, -0.05) is 28.1 Å². The summed E-state index contributed by atoms with van der Waals surface area (Å²) in [7, 11) is 4.94. The largest absolute Gasteiger partial charge is 0.493 e. The van der Waals surface area contributed by atoms with E-state index < -0.39 is 0 Å². The molecule has 2 aromatic carbocycles. The molecule has 0 saturated carbocycles. The first kappa shape index (κ1) is 17.3. The molecule has 5 heteroatoms. The second kappa shape index (κ2) is 6.88. The lowest BCUT2D eigenvalue weighted by Gasteiger charge is -2.38. The Balaban J connectivity index is 1.80. The summed E-state index contributed by atoms with van der Waals surface area (Å²) in [6.45, 7) is 0. The average molecular weight is 416 g/mol. The van der Waals surface area contributed by atoms with Crippen molar-refractivity contribution in [2.75, 3.05) is 26.6 Å². The molecule has 2 aliphatic rings. The van der Waals surface area contributed by atoms with Crippen molar-refractivity contribution in [2.45, 2.75) is 18.4 Å². The van der Waals surface area contributed by atoms with Gasteiger partial charge in [-0.3, -0.25) is 0 Å². The molecule has 1 N–H and O–H groups in total. The quantitative estimate of drug-likeness (QED) is 0.687. The van der Waals surface area contributed by atoms with E-state index in [0.717, 1.165) is 16.5 Å². The Kier molecular flexibility index (Phi) is 4.57. The van der Waals surface area contributed by atoms with E-state index in [-0.39, 0.29) is 6.04 Å². The van der Waals surface area contributed by atoms with Gasteiger partial charge in [0.2, 0.25) is 5.75 Å². The van der Waals surface area contributed by atoms with Gasteiger partial charge in [0, 0.05) is 16.1 Å². The van der Waals surface area contributed by atoms with Crippen LogP contribution in [0.2, 0.25) is 0 Å². The van der Waals surface area contributed by atoms with Crippen LogP contribution in [0.5, 0.6) is 17.2 Å². The van der Waals surface area contributed by atoms with Gasteiger partial charge in [0.1, 0.15) is 0 Å². The third kappa shape index (κ3) is 2.75. The molecule has 4 rings (SSSR count). The first-order valence-electron chi connectivity index (χ1n) is 8.68. The van der Waals surface area contributed by atoms with Crippen LogP contribution in [0.3, 0.4) is 0 Å². The lowest BCUT2D eigenvalue weighted by Crippen LogP contribution is -2.29. The normalized spacial score (nSPS) is 23.0. The van der Waals surface area contributed by atoms with Crippen molar-refractivity contribution in [3.05, 3.63) is 58.1 Å². The molecule has 0 amide bonds. The third-order valence-electron chi connectivity index (χ3n) is 5.37. The molecule has 3 atom stereocenters. The molecule has 26 heavy (non-hydrogen) atoms. The fourth-order valence-corrected chi connectivity index (χ4v) is 4.55. The number of rotatable bonds is 4. The highest BCUT2D eigenvalue weighted by Gasteiger charge is 2.38. The Morgan fingerprint density at radius 1 is 1.00 bits per heavy atom. The highest BCUT2D eigenvalue weighted by molar-refractivity contribution is 9.10. The molecule has 0 spiro atoms. The number of allylic oxidation sites excluding steroid dienone is 2. The molecule has 136 valence electrons. The van der Waals surface area contributed by atoms with Crippen molar-refractivity contribution in [1.82, 2.24) is 0 Å². The van der Waals surface area contributed by atoms with Crippen LogP contribution in [0.15, 0.2) is 47.0 Å². The van der Waals surface area contributed by atoms with Gasteiger partial charge < -0.3 is 19.5 Å². The maximum absolute atomic E-state index is 5.55. The minimum Gasteiger partial charge on any atom is -0.493 e. The van der Waals surface area contributed by atoms with E-state index in [9.17, 15) is 0 Å². The first-order valence-corrected chi connectivity index (χ1v) is 9.48. The number of halogens is 1. The van der Waals surface area contributed by atoms with Gasteiger partial charge >= 0.3 is 0 Å². The summed E-state index contributed by atoms with van der Waals surface area (Å²) >= 11 is 3.60. The van der Waals surface area contributed by atoms with E-state index in [1.165, 1.54) is 11.3 Å². The van der Waals surface area contributed by atoms with Crippen LogP contribution >= 0.6 is 15.9 Å². The minimum absolute atomic E-state index is 0.178. The smallest absolute Gasteiger partial charge is 0.203 e. The SMILES string of the molecule is COc1cc([C@@H]2Nc3ccc(Br)cc3[C@@H]3C=CC[C@@H]32)cc(OC)c1OC. The Morgan fingerprint density at radius 3 is 2.38 bits per heavy atom. The van der Waals surface area contributed by atoms with Gasteiger partial charge in [-0.05, 0) is 53.8 Å². The van der Waals surface area contributed by atoms with Gasteiger partial charge in [-0.25, -0.2) is 0 Å². The first-order chi connectivity index (χ1) is 12.7. The molecule has 0 aromatic heterocycles. The summed E-state index contributed by atoms with van der Waals surface area (Å²) in [6.07, 6.45) is 5.67. The summed E-state index contributed by atoms with van der Waals surface area (Å²) in [6, 6.07) is 10.7. The molecule has 1 heterocycles. The van der Waals surface area contributed by atoms with Gasteiger partial charge in [-0.15, -0.1) is 0 Å². The van der Waals surface area contributed by atoms with Crippen LogP contribution in [0.1, 0.15) is 29.5 Å². The highest BCUT2D eigenvalue weighted by atomic mass is 79.9. The van der Waals surface area contributed by atoms with Gasteiger partial charge in [0.15, 0.2) is 11.5 Å². The summed E-state index contributed by atoms with van der Waals surface area (Å²) in [4.78, 5) is 0. The van der Waals surface area contributed by atoms with Crippen molar-refractivity contribution < 1.29 is 14.2 Å². The Morgan fingerprint density at radius 2 is 1.73 bits per heavy atom. The number of fused-ring (bicyclic) bond motifs is 3. The van der Waals surface area contributed by atoms with Crippen LogP contribution in [0.4, 0.5) is 5.69 Å². The average Bonchev–Trinajstić information content (AvgIpc) is 3.16. The molecule has 2 aromatic rings. The van der Waals surface area contributed by atoms with E-state index >= 15 is 0 Å². The molecular weight excluding hydrogens is 394 g/mol. The molecule has 0 unspecified atom stereocenters. The monoisotopic (exact) mass is 415 g/mol. The second-order valence-corrected chi connectivity index (χ2v) is 7.58. The predicted octanol–water partition coefficient (Wildman–Crippen LogP) is 5.30. The molecule has 4 nitrogen and oxygen atoms in total. The highest BCUT2D eigenvalue weighted by Crippen LogP contribution is 2.52. The fraction of sp³-hybridized carbons (Fsp3) is 0.333. The molecule has 0 radical (unpaired) electrons. The molecule has 1 aliphatic carbocycles. The van der Waals surface area contributed by atoms with Crippen LogP contribution in [0.25, 0.3) is 0 Å². The number of benzene rings is 2. The second-order valence-electron chi connectivity index (χ2n) is 6.67. The van der Waals surface area contributed by atoms with Crippen molar-refractivity contribution in [2.24, 2.45) is 5.92 Å². The summed E-state index contributed by atoms with van der Waals surface area (Å²) in [5, 5.41) is 3.74. The lowest BCUT2D eigenvalue weighted by atomic mass is 9.77. The number of anilines is 1. The predicted molar refractivity (Wildman–Crippen MR) is 107 cm³/mol. The van der Waals surface area contributed by atoms with E-state index in [0.29, 0.717) is 29.1 Å². The summed E-state index contributed by atoms with van der Waals surface area (Å²) < 4.78 is 17.7. The Bertz CT molecular complexity index is 839. The van der Waals surface area contributed by atoms with E-state index in [4.69, 9.17) is 14.2 Å². The molecule has 0 fully saturated rings. The van der Waals surface area contributed by atoms with Crippen LogP contribution in [-0.4, -0.2) is 21.3 Å². The van der Waals surface area contributed by atoms with Crippen molar-refractivity contribution in [3.8, 4) is 17.2 Å². The molecule has 0 bridgehead atoms. The number of nitrogens with one attached hydrogen (secondary N) is 1. The maximum atomic E-state index is 5.55. The molecule has 0 saturated heterocycles. The number of hydrogen-bond donors (Lipinski definition) is 1. The van der Waals surface area contributed by atoms with Gasteiger partial charge in [0.05, 0.1) is 27.4 Å². The van der Waals surface area contributed by atoms with Crippen LogP contribution in [0, 0.1) is 5.92 Å². The zero-order valence-electron chi connectivity index (χ0n) is 15.1. The van der Waals surface area contributed by atoms with Crippen LogP contribution < -0.4 is 19.5 Å². The third-order valence-corrected chi connectivity index (χ3v) is 5.86. The topological polar surface area (TPSA) is 39.7 Å². The molecule has 1 aliphatic heterocycles. The number of methoxy groups -OCH3 is 3. The van der Waals surface area contributed by atoms with Crippen molar-refractivity contribution in [1.29, 1.82) is 0 Å². The lowest BCUT2D eigenvalue weighted by molar-refractivity contribution is 0.322. The minimum atomic E-state index is 0.178. The van der Waals surface area contributed by atoms with Crippen molar-refractivity contribution >= 4 is 21.6 Å². The fourth-order valence-electron chi connectivity index (χ4n) is 4.18. The molecular formula is C21H22BrNO3. The van der Waals surface area contributed by atoms with Gasteiger partial charge in [-0.2, -0.15) is 0 Å². The van der Waals surface area contributed by atoms with E-state index in [2.05, 4.69) is 63.7 Å². The Labute approximate surface area is 162 Å². The number of hydrogen-bond acceptors (Lipinski definition) is 4.